The molecule has 4 atom stereocenters. The summed E-state index contributed by atoms with van der Waals surface area (Å²) in [6, 6.07) is -0.107. The maximum atomic E-state index is 13.4. The van der Waals surface area contributed by atoms with Gasteiger partial charge in [0.25, 0.3) is 5.91 Å². The molecule has 0 radical (unpaired) electrons. The monoisotopic (exact) mass is 556 g/mol. The number of guanidine groups is 2. The first kappa shape index (κ1) is 26.8. The molecule has 39 heavy (non-hydrogen) atoms. The Hall–Kier alpha value is -3.83. The molecular formula is C22H27F3N8O6. The highest BCUT2D eigenvalue weighted by Crippen LogP contribution is 2.44. The molecule has 1 spiro atoms. The first-order valence-corrected chi connectivity index (χ1v) is 11.9. The van der Waals surface area contributed by atoms with E-state index in [9.17, 15) is 33.0 Å². The van der Waals surface area contributed by atoms with E-state index in [-0.39, 0.29) is 43.1 Å². The fraction of sp³-hybridized carbons (Fsp3) is 0.545. The molecule has 4 aliphatic rings. The van der Waals surface area contributed by atoms with E-state index in [0.29, 0.717) is 12.5 Å². The van der Waals surface area contributed by atoms with Gasteiger partial charge in [0.15, 0.2) is 17.9 Å². The molecule has 0 saturated carbocycles. The minimum absolute atomic E-state index is 0.136. The van der Waals surface area contributed by atoms with Crippen molar-refractivity contribution in [3.63, 3.8) is 0 Å². The van der Waals surface area contributed by atoms with Crippen LogP contribution in [0, 0.1) is 5.41 Å². The summed E-state index contributed by atoms with van der Waals surface area (Å²) in [4.78, 5) is 37.7. The van der Waals surface area contributed by atoms with Gasteiger partial charge in [-0.05, 0) is 18.2 Å². The molecule has 14 nitrogen and oxygen atoms in total. The Balaban J connectivity index is 1.43. The molecule has 1 aromatic rings. The standard InChI is InChI=1S/C22H27F3N8O6/c1-31-15(34)3-4-16(31)39-33-9-13-20(30-18(26)29-13)21(36,37)14(8-32(20)19(33)27)28-17(35)10-5-11(22(23,24)25)7-12(6-10)38-2/h5-7,13-14,16,27,36-37H,3-4,8-9H2,1-2H3,(H,28,35)(H3,26,29,30). The van der Waals surface area contributed by atoms with E-state index in [4.69, 9.17) is 20.7 Å². The van der Waals surface area contributed by atoms with Crippen LogP contribution in [0.5, 0.6) is 5.75 Å². The number of hydrogen-bond donors (Lipinski definition) is 6. The fourth-order valence-corrected chi connectivity index (χ4v) is 5.42. The Morgan fingerprint density at radius 3 is 2.64 bits per heavy atom. The molecule has 7 N–H and O–H groups in total. The molecule has 4 unspecified atom stereocenters. The molecule has 0 bridgehead atoms. The smallest absolute Gasteiger partial charge is 0.416 e. The molecule has 2 amide bonds. The second-order valence-electron chi connectivity index (χ2n) is 9.72. The highest BCUT2D eigenvalue weighted by molar-refractivity contribution is 5.95. The Bertz CT molecular complexity index is 1260. The van der Waals surface area contributed by atoms with Crippen LogP contribution in [0.2, 0.25) is 0 Å². The number of aliphatic hydroxyl groups is 2. The van der Waals surface area contributed by atoms with Crippen molar-refractivity contribution in [2.24, 2.45) is 10.7 Å². The number of benzene rings is 1. The number of likely N-dealkylation sites (tertiary alicyclic amines) is 1. The summed E-state index contributed by atoms with van der Waals surface area (Å²) in [6.45, 7) is -0.533. The van der Waals surface area contributed by atoms with Gasteiger partial charge in [0, 0.05) is 32.0 Å². The molecular weight excluding hydrogens is 529 g/mol. The summed E-state index contributed by atoms with van der Waals surface area (Å²) in [5.74, 6) is -4.69. The van der Waals surface area contributed by atoms with Crippen LogP contribution in [-0.2, 0) is 15.8 Å². The SMILES string of the molecule is COc1cc(C(=O)NC2CN3C(=N)N(OC4CCC(=O)N4C)CC4N=C(N)NC43C2(O)O)cc(C(F)(F)F)c1. The number of carbonyl (C=O) groups is 2. The molecule has 0 aromatic heterocycles. The molecule has 4 aliphatic heterocycles. The Morgan fingerprint density at radius 1 is 1.31 bits per heavy atom. The van der Waals surface area contributed by atoms with E-state index in [1.54, 1.807) is 7.05 Å². The van der Waals surface area contributed by atoms with Crippen molar-refractivity contribution < 1.29 is 42.5 Å². The van der Waals surface area contributed by atoms with E-state index in [0.717, 1.165) is 24.3 Å². The van der Waals surface area contributed by atoms with Crippen LogP contribution < -0.4 is 21.1 Å². The van der Waals surface area contributed by atoms with E-state index in [1.165, 1.54) is 9.80 Å². The topological polar surface area (TPSA) is 189 Å². The van der Waals surface area contributed by atoms with Crippen molar-refractivity contribution in [2.45, 2.75) is 48.8 Å². The zero-order valence-electron chi connectivity index (χ0n) is 20.8. The predicted molar refractivity (Wildman–Crippen MR) is 126 cm³/mol. The van der Waals surface area contributed by atoms with Crippen LogP contribution in [0.3, 0.4) is 0 Å². The molecule has 3 fully saturated rings. The van der Waals surface area contributed by atoms with Gasteiger partial charge in [-0.1, -0.05) is 0 Å². The van der Waals surface area contributed by atoms with Gasteiger partial charge in [-0.3, -0.25) is 15.0 Å². The zero-order valence-corrected chi connectivity index (χ0v) is 20.8. The summed E-state index contributed by atoms with van der Waals surface area (Å²) < 4.78 is 45.0. The molecule has 0 aliphatic carbocycles. The van der Waals surface area contributed by atoms with E-state index in [1.807, 2.05) is 0 Å². The number of nitrogens with zero attached hydrogens (tertiary/aromatic N) is 4. The van der Waals surface area contributed by atoms with Crippen molar-refractivity contribution in [3.8, 4) is 5.75 Å². The second kappa shape index (κ2) is 8.85. The lowest BCUT2D eigenvalue weighted by molar-refractivity contribution is -0.254. The van der Waals surface area contributed by atoms with Gasteiger partial charge in [-0.2, -0.15) is 13.2 Å². The van der Waals surface area contributed by atoms with Gasteiger partial charge in [0.1, 0.15) is 17.8 Å². The lowest BCUT2D eigenvalue weighted by Crippen LogP contribution is -2.79. The fourth-order valence-electron chi connectivity index (χ4n) is 5.42. The average Bonchev–Trinajstić information content (AvgIpc) is 3.45. The molecule has 3 saturated heterocycles. The summed E-state index contributed by atoms with van der Waals surface area (Å²) in [7, 11) is 2.70. The van der Waals surface area contributed by atoms with E-state index >= 15 is 0 Å². The minimum Gasteiger partial charge on any atom is -0.497 e. The Labute approximate surface area is 219 Å². The first-order valence-electron chi connectivity index (χ1n) is 11.9. The van der Waals surface area contributed by atoms with E-state index in [2.05, 4.69) is 15.6 Å². The number of halogens is 3. The summed E-state index contributed by atoms with van der Waals surface area (Å²) in [6.07, 6.45) is -4.79. The number of hydrogen-bond acceptors (Lipinski definition) is 10. The van der Waals surface area contributed by atoms with Crippen LogP contribution in [0.25, 0.3) is 0 Å². The Morgan fingerprint density at radius 2 is 2.03 bits per heavy atom. The van der Waals surface area contributed by atoms with Gasteiger partial charge in [0.05, 0.1) is 19.2 Å². The molecule has 4 heterocycles. The Kier molecular flexibility index (Phi) is 6.07. The number of rotatable bonds is 5. The maximum absolute atomic E-state index is 13.4. The number of carbonyl (C=O) groups excluding carboxylic acids is 2. The average molecular weight is 557 g/mol. The van der Waals surface area contributed by atoms with Gasteiger partial charge in [-0.15, -0.1) is 0 Å². The van der Waals surface area contributed by atoms with Crippen molar-refractivity contribution in [1.82, 2.24) is 25.5 Å². The number of ether oxygens (including phenoxy) is 1. The third kappa shape index (κ3) is 4.07. The van der Waals surface area contributed by atoms with Gasteiger partial charge in [-0.25, -0.2) is 14.9 Å². The molecule has 17 heteroatoms. The van der Waals surface area contributed by atoms with Crippen LogP contribution in [0.1, 0.15) is 28.8 Å². The second-order valence-corrected chi connectivity index (χ2v) is 9.72. The first-order chi connectivity index (χ1) is 18.2. The third-order valence-electron chi connectivity index (χ3n) is 7.48. The third-order valence-corrected chi connectivity index (χ3v) is 7.48. The normalized spacial score (nSPS) is 29.7. The number of aliphatic imine (C=N–C) groups is 1. The van der Waals surface area contributed by atoms with Crippen molar-refractivity contribution in [1.29, 1.82) is 5.41 Å². The van der Waals surface area contributed by atoms with Gasteiger partial charge in [0.2, 0.25) is 17.7 Å². The quantitative estimate of drug-likeness (QED) is 0.234. The number of hydroxylamine groups is 2. The van der Waals surface area contributed by atoms with E-state index < -0.39 is 53.0 Å². The highest BCUT2D eigenvalue weighted by Gasteiger charge is 2.73. The largest absolute Gasteiger partial charge is 0.497 e. The van der Waals surface area contributed by atoms with Crippen LogP contribution in [0.4, 0.5) is 13.2 Å². The van der Waals surface area contributed by atoms with Crippen molar-refractivity contribution in [2.75, 3.05) is 27.2 Å². The predicted octanol–water partition coefficient (Wildman–Crippen LogP) is -1.45. The zero-order chi connectivity index (χ0) is 28.5. The molecule has 212 valence electrons. The number of nitrogens with two attached hydrogens (primary N) is 1. The highest BCUT2D eigenvalue weighted by atomic mass is 19.4. The number of amides is 2. The minimum atomic E-state index is -4.76. The summed E-state index contributed by atoms with van der Waals surface area (Å²) in [5.41, 5.74) is 2.44. The lowest BCUT2D eigenvalue weighted by atomic mass is 9.88. The number of alkyl halides is 3. The van der Waals surface area contributed by atoms with Gasteiger partial charge < -0.3 is 41.1 Å². The van der Waals surface area contributed by atoms with Gasteiger partial charge >= 0.3 is 6.18 Å². The number of nitrogens with one attached hydrogen (secondary N) is 3. The number of methoxy groups -OCH3 is 1. The maximum Gasteiger partial charge on any atom is 0.416 e. The molecule has 1 aromatic carbocycles. The molecule has 5 rings (SSSR count). The van der Waals surface area contributed by atoms with Crippen LogP contribution in [0.15, 0.2) is 23.2 Å². The lowest BCUT2D eigenvalue weighted by Gasteiger charge is -2.51. The van der Waals surface area contributed by atoms with Crippen molar-refractivity contribution in [3.05, 3.63) is 29.3 Å². The summed E-state index contributed by atoms with van der Waals surface area (Å²) in [5, 5.41) is 37.7. The van der Waals surface area contributed by atoms with Crippen LogP contribution in [-0.4, -0.2) is 106 Å². The van der Waals surface area contributed by atoms with Crippen molar-refractivity contribution >= 4 is 23.7 Å². The summed E-state index contributed by atoms with van der Waals surface area (Å²) >= 11 is 0. The van der Waals surface area contributed by atoms with Crippen LogP contribution >= 0.6 is 0 Å².